The van der Waals surface area contributed by atoms with Gasteiger partial charge in [0.1, 0.15) is 11.5 Å². The average molecular weight is 426 g/mol. The second kappa shape index (κ2) is 8.19. The van der Waals surface area contributed by atoms with E-state index in [4.69, 9.17) is 20.8 Å². The van der Waals surface area contributed by atoms with Gasteiger partial charge in [0.25, 0.3) is 11.8 Å². The number of imide groups is 1. The van der Waals surface area contributed by atoms with E-state index < -0.39 is 11.8 Å². The number of carbonyl (C=O) groups excluding carboxylic acids is 2. The zero-order valence-electron chi connectivity index (χ0n) is 15.4. The van der Waals surface area contributed by atoms with Gasteiger partial charge in [0.05, 0.1) is 35.3 Å². The first-order valence-corrected chi connectivity index (χ1v) is 10.1. The number of nitrogens with zero attached hydrogens (tertiary/aromatic N) is 1. The van der Waals surface area contributed by atoms with E-state index in [0.29, 0.717) is 44.0 Å². The van der Waals surface area contributed by atoms with Crippen LogP contribution < -0.4 is 9.64 Å². The molecule has 0 unspecified atom stereocenters. The summed E-state index contributed by atoms with van der Waals surface area (Å²) in [5.41, 5.74) is 1.35. The molecule has 4 rings (SSSR count). The van der Waals surface area contributed by atoms with Crippen molar-refractivity contribution >= 4 is 46.4 Å². The van der Waals surface area contributed by atoms with Crippen LogP contribution in [0.3, 0.4) is 0 Å². The molecule has 0 radical (unpaired) electrons. The van der Waals surface area contributed by atoms with Crippen LogP contribution in [0.15, 0.2) is 76.2 Å². The highest BCUT2D eigenvalue weighted by Crippen LogP contribution is 2.42. The molecule has 0 spiro atoms. The molecule has 1 aromatic heterocycles. The van der Waals surface area contributed by atoms with Crippen LogP contribution in [-0.2, 0) is 15.3 Å². The SMILES string of the molecule is COc1ccc(Cl)cc1N1C(=O)C(SCc2ccco2)=C(c2ccccc2)C1=O. The first-order chi connectivity index (χ1) is 14.1. The van der Waals surface area contributed by atoms with Crippen molar-refractivity contribution in [1.29, 1.82) is 0 Å². The van der Waals surface area contributed by atoms with E-state index >= 15 is 0 Å². The fraction of sp³-hybridized carbons (Fsp3) is 0.0909. The highest BCUT2D eigenvalue weighted by Gasteiger charge is 2.41. The summed E-state index contributed by atoms with van der Waals surface area (Å²) in [4.78, 5) is 28.2. The van der Waals surface area contributed by atoms with Crippen LogP contribution in [0.2, 0.25) is 5.02 Å². The van der Waals surface area contributed by atoms with Crippen molar-refractivity contribution < 1.29 is 18.7 Å². The normalized spacial score (nSPS) is 14.1. The summed E-state index contributed by atoms with van der Waals surface area (Å²) in [7, 11) is 1.48. The summed E-state index contributed by atoms with van der Waals surface area (Å²) >= 11 is 7.40. The van der Waals surface area contributed by atoms with E-state index in [1.54, 1.807) is 30.5 Å². The maximum absolute atomic E-state index is 13.4. The molecule has 2 heterocycles. The van der Waals surface area contributed by atoms with Crippen LogP contribution >= 0.6 is 23.4 Å². The Morgan fingerprint density at radius 2 is 1.83 bits per heavy atom. The summed E-state index contributed by atoms with van der Waals surface area (Å²) in [5, 5.41) is 0.402. The van der Waals surface area contributed by atoms with Gasteiger partial charge in [-0.2, -0.15) is 0 Å². The molecule has 2 amide bonds. The molecule has 0 fully saturated rings. The Balaban J connectivity index is 1.78. The highest BCUT2D eigenvalue weighted by atomic mass is 35.5. The maximum atomic E-state index is 13.4. The predicted molar refractivity (Wildman–Crippen MR) is 114 cm³/mol. The number of amides is 2. The molecule has 0 saturated heterocycles. The number of hydrogen-bond acceptors (Lipinski definition) is 5. The molecule has 146 valence electrons. The third-order valence-corrected chi connectivity index (χ3v) is 5.76. The van der Waals surface area contributed by atoms with E-state index in [1.807, 2.05) is 36.4 Å². The minimum Gasteiger partial charge on any atom is -0.495 e. The van der Waals surface area contributed by atoms with Crippen molar-refractivity contribution in [3.05, 3.63) is 88.2 Å². The van der Waals surface area contributed by atoms with E-state index in [1.165, 1.54) is 18.9 Å². The molecule has 0 aliphatic carbocycles. The minimum absolute atomic E-state index is 0.317. The molecule has 0 N–H and O–H groups in total. The number of thioether (sulfide) groups is 1. The topological polar surface area (TPSA) is 59.8 Å². The molecule has 1 aliphatic rings. The molecule has 0 saturated carbocycles. The fourth-order valence-electron chi connectivity index (χ4n) is 3.10. The first-order valence-electron chi connectivity index (χ1n) is 8.77. The number of hydrogen-bond donors (Lipinski definition) is 0. The zero-order valence-corrected chi connectivity index (χ0v) is 17.0. The number of furan rings is 1. The standard InChI is InChI=1S/C22H16ClNO4S/c1-27-18-10-9-15(23)12-17(18)24-21(25)19(14-6-3-2-4-7-14)20(22(24)26)29-13-16-8-5-11-28-16/h2-12H,13H2,1H3. The summed E-state index contributed by atoms with van der Waals surface area (Å²) in [5.74, 6) is 0.711. The second-order valence-electron chi connectivity index (χ2n) is 6.20. The number of halogens is 1. The lowest BCUT2D eigenvalue weighted by molar-refractivity contribution is -0.119. The minimum atomic E-state index is -0.413. The third kappa shape index (κ3) is 3.69. The number of rotatable bonds is 6. The summed E-state index contributed by atoms with van der Waals surface area (Å²) < 4.78 is 10.7. The van der Waals surface area contributed by atoms with Gasteiger partial charge in [-0.25, -0.2) is 4.90 Å². The van der Waals surface area contributed by atoms with Crippen LogP contribution in [0, 0.1) is 0 Å². The monoisotopic (exact) mass is 425 g/mol. The van der Waals surface area contributed by atoms with Gasteiger partial charge < -0.3 is 9.15 Å². The van der Waals surface area contributed by atoms with Crippen molar-refractivity contribution in [3.63, 3.8) is 0 Å². The molecular formula is C22H16ClNO4S. The van der Waals surface area contributed by atoms with E-state index in [9.17, 15) is 9.59 Å². The second-order valence-corrected chi connectivity index (χ2v) is 7.62. The van der Waals surface area contributed by atoms with Gasteiger partial charge >= 0.3 is 0 Å². The van der Waals surface area contributed by atoms with Crippen molar-refractivity contribution in [2.24, 2.45) is 0 Å². The lowest BCUT2D eigenvalue weighted by atomic mass is 10.1. The van der Waals surface area contributed by atoms with Gasteiger partial charge in [-0.3, -0.25) is 9.59 Å². The Morgan fingerprint density at radius 1 is 1.03 bits per heavy atom. The van der Waals surface area contributed by atoms with Crippen LogP contribution in [-0.4, -0.2) is 18.9 Å². The van der Waals surface area contributed by atoms with Crippen molar-refractivity contribution in [1.82, 2.24) is 0 Å². The Morgan fingerprint density at radius 3 is 2.52 bits per heavy atom. The lowest BCUT2D eigenvalue weighted by Crippen LogP contribution is -2.31. The Bertz CT molecular complexity index is 1090. The molecule has 1 aliphatic heterocycles. The molecule has 3 aromatic rings. The van der Waals surface area contributed by atoms with E-state index in [2.05, 4.69) is 0 Å². The number of methoxy groups -OCH3 is 1. The number of carbonyl (C=O) groups is 2. The quantitative estimate of drug-likeness (QED) is 0.510. The predicted octanol–water partition coefficient (Wildman–Crippen LogP) is 5.16. The highest BCUT2D eigenvalue weighted by molar-refractivity contribution is 8.03. The van der Waals surface area contributed by atoms with Gasteiger partial charge in [-0.15, -0.1) is 11.8 Å². The van der Waals surface area contributed by atoms with Crippen molar-refractivity contribution in [2.75, 3.05) is 12.0 Å². The van der Waals surface area contributed by atoms with Crippen LogP contribution in [0.4, 0.5) is 5.69 Å². The third-order valence-electron chi connectivity index (χ3n) is 4.42. The largest absolute Gasteiger partial charge is 0.495 e. The molecule has 7 heteroatoms. The van der Waals surface area contributed by atoms with Crippen LogP contribution in [0.25, 0.3) is 5.57 Å². The van der Waals surface area contributed by atoms with Gasteiger partial charge in [0.2, 0.25) is 0 Å². The summed E-state index contributed by atoms with van der Waals surface area (Å²) in [6, 6.07) is 17.6. The van der Waals surface area contributed by atoms with Crippen molar-refractivity contribution in [2.45, 2.75) is 5.75 Å². The molecule has 2 aromatic carbocycles. The van der Waals surface area contributed by atoms with Crippen molar-refractivity contribution in [3.8, 4) is 5.75 Å². The number of ether oxygens (including phenoxy) is 1. The maximum Gasteiger partial charge on any atom is 0.272 e. The summed E-state index contributed by atoms with van der Waals surface area (Å²) in [6.07, 6.45) is 1.58. The Labute approximate surface area is 176 Å². The lowest BCUT2D eigenvalue weighted by Gasteiger charge is -2.18. The smallest absolute Gasteiger partial charge is 0.272 e. The van der Waals surface area contributed by atoms with E-state index in [-0.39, 0.29) is 0 Å². The number of anilines is 1. The van der Waals surface area contributed by atoms with Gasteiger partial charge in [0.15, 0.2) is 0 Å². The summed E-state index contributed by atoms with van der Waals surface area (Å²) in [6.45, 7) is 0. The Hall–Kier alpha value is -2.96. The van der Waals surface area contributed by atoms with E-state index in [0.717, 1.165) is 4.90 Å². The van der Waals surface area contributed by atoms with Gasteiger partial charge in [-0.1, -0.05) is 41.9 Å². The fourth-order valence-corrected chi connectivity index (χ4v) is 4.28. The van der Waals surface area contributed by atoms with Crippen LogP contribution in [0.1, 0.15) is 11.3 Å². The molecule has 29 heavy (non-hydrogen) atoms. The molecular weight excluding hydrogens is 410 g/mol. The van der Waals surface area contributed by atoms with Crippen LogP contribution in [0.5, 0.6) is 5.75 Å². The first kappa shape index (κ1) is 19.4. The zero-order chi connectivity index (χ0) is 20.4. The Kier molecular flexibility index (Phi) is 5.47. The molecule has 0 bridgehead atoms. The molecule has 5 nitrogen and oxygen atoms in total. The molecule has 0 atom stereocenters. The van der Waals surface area contributed by atoms with Gasteiger partial charge in [0, 0.05) is 5.02 Å². The number of benzene rings is 2. The van der Waals surface area contributed by atoms with Gasteiger partial charge in [-0.05, 0) is 35.9 Å². The average Bonchev–Trinajstić information content (AvgIpc) is 3.33.